The van der Waals surface area contributed by atoms with Gasteiger partial charge in [0.1, 0.15) is 5.76 Å². The maximum absolute atomic E-state index is 13.2. The van der Waals surface area contributed by atoms with E-state index in [2.05, 4.69) is 4.98 Å². The van der Waals surface area contributed by atoms with Crippen LogP contribution in [0.1, 0.15) is 30.5 Å². The molecule has 1 fully saturated rings. The molecule has 1 aromatic heterocycles. The van der Waals surface area contributed by atoms with Crippen molar-refractivity contribution in [2.45, 2.75) is 19.4 Å². The summed E-state index contributed by atoms with van der Waals surface area (Å²) < 4.78 is 10.6. The quantitative estimate of drug-likeness (QED) is 0.209. The number of phenolic OH excluding ortho intramolecular Hbond substituents is 1. The van der Waals surface area contributed by atoms with Gasteiger partial charge in [-0.05, 0) is 37.1 Å². The normalized spacial score (nSPS) is 17.8. The number of benzene rings is 2. The fourth-order valence-corrected chi connectivity index (χ4v) is 4.22. The van der Waals surface area contributed by atoms with Crippen molar-refractivity contribution < 1.29 is 29.3 Å². The summed E-state index contributed by atoms with van der Waals surface area (Å²) in [4.78, 5) is 30.7. The highest BCUT2D eigenvalue weighted by Crippen LogP contribution is 2.42. The lowest BCUT2D eigenvalue weighted by atomic mass is 9.94. The average Bonchev–Trinajstić information content (AvgIpc) is 3.35. The number of ether oxygens (including phenoxy) is 2. The molecule has 33 heavy (non-hydrogen) atoms. The number of H-pyrrole nitrogens is 1. The van der Waals surface area contributed by atoms with Crippen molar-refractivity contribution in [3.05, 3.63) is 65.4 Å². The molecule has 8 nitrogen and oxygen atoms in total. The SMILES string of the molecule is CCOc1cc(C2/C(=C(/O)c3c[nH]c4ccccc34)C(=O)C(=O)N2CCCOC)ccc1O. The minimum Gasteiger partial charge on any atom is -0.507 e. The number of carbonyl (C=O) groups is 2. The highest BCUT2D eigenvalue weighted by atomic mass is 16.5. The molecule has 0 spiro atoms. The summed E-state index contributed by atoms with van der Waals surface area (Å²) in [5, 5.41) is 22.2. The van der Waals surface area contributed by atoms with Crippen LogP contribution in [0.2, 0.25) is 0 Å². The van der Waals surface area contributed by atoms with Gasteiger partial charge >= 0.3 is 0 Å². The topological polar surface area (TPSA) is 112 Å². The number of aromatic amines is 1. The van der Waals surface area contributed by atoms with Crippen molar-refractivity contribution >= 4 is 28.4 Å². The predicted molar refractivity (Wildman–Crippen MR) is 123 cm³/mol. The summed E-state index contributed by atoms with van der Waals surface area (Å²) in [5.74, 6) is -1.51. The lowest BCUT2D eigenvalue weighted by Crippen LogP contribution is -2.31. The van der Waals surface area contributed by atoms with Crippen LogP contribution in [0.25, 0.3) is 16.7 Å². The van der Waals surface area contributed by atoms with E-state index < -0.39 is 17.7 Å². The number of nitrogens with one attached hydrogen (secondary N) is 1. The van der Waals surface area contributed by atoms with Crippen molar-refractivity contribution in [3.8, 4) is 11.5 Å². The highest BCUT2D eigenvalue weighted by Gasteiger charge is 2.46. The fourth-order valence-electron chi connectivity index (χ4n) is 4.22. The molecule has 2 heterocycles. The molecular formula is C25H26N2O6. The third-order valence-corrected chi connectivity index (χ3v) is 5.73. The zero-order valence-electron chi connectivity index (χ0n) is 18.5. The van der Waals surface area contributed by atoms with Crippen LogP contribution in [0, 0.1) is 0 Å². The average molecular weight is 450 g/mol. The number of aliphatic hydroxyl groups excluding tert-OH is 1. The minimum absolute atomic E-state index is 0.00434. The van der Waals surface area contributed by atoms with E-state index in [1.807, 2.05) is 24.3 Å². The van der Waals surface area contributed by atoms with E-state index in [0.717, 1.165) is 10.9 Å². The van der Waals surface area contributed by atoms with Gasteiger partial charge in [-0.15, -0.1) is 0 Å². The number of aromatic nitrogens is 1. The Kier molecular flexibility index (Phi) is 6.37. The number of ketones is 1. The largest absolute Gasteiger partial charge is 0.507 e. The number of rotatable bonds is 8. The Morgan fingerprint density at radius 2 is 1.97 bits per heavy atom. The standard InChI is InChI=1S/C25H26N2O6/c1-3-33-20-13-15(9-10-19(20)28)22-21(24(30)25(31)27(22)11-6-12-32-2)23(29)17-14-26-18-8-5-4-7-16(17)18/h4-5,7-10,13-14,22,26,28-29H,3,6,11-12H2,1-2H3/b23-21-. The zero-order chi connectivity index (χ0) is 23.5. The second-order valence-corrected chi connectivity index (χ2v) is 7.75. The van der Waals surface area contributed by atoms with E-state index in [0.29, 0.717) is 30.8 Å². The van der Waals surface area contributed by atoms with Gasteiger partial charge in [-0.2, -0.15) is 0 Å². The number of phenols is 1. The van der Waals surface area contributed by atoms with Crippen LogP contribution >= 0.6 is 0 Å². The molecule has 4 rings (SSSR count). The molecule has 3 aromatic rings. The number of carbonyl (C=O) groups excluding carboxylic acids is 2. The molecule has 1 unspecified atom stereocenters. The lowest BCUT2D eigenvalue weighted by Gasteiger charge is -2.25. The van der Waals surface area contributed by atoms with Gasteiger partial charge in [0.05, 0.1) is 18.2 Å². The van der Waals surface area contributed by atoms with Gasteiger partial charge in [-0.1, -0.05) is 24.3 Å². The first kappa shape index (κ1) is 22.4. The van der Waals surface area contributed by atoms with Gasteiger partial charge in [0.2, 0.25) is 0 Å². The summed E-state index contributed by atoms with van der Waals surface area (Å²) in [6.07, 6.45) is 2.14. The van der Waals surface area contributed by atoms with E-state index in [-0.39, 0.29) is 29.4 Å². The number of fused-ring (bicyclic) bond motifs is 1. The summed E-state index contributed by atoms with van der Waals surface area (Å²) in [6.45, 7) is 2.80. The Morgan fingerprint density at radius 1 is 1.18 bits per heavy atom. The molecule has 1 amide bonds. The Balaban J connectivity index is 1.88. The number of methoxy groups -OCH3 is 1. The molecule has 3 N–H and O–H groups in total. The third-order valence-electron chi connectivity index (χ3n) is 5.73. The van der Waals surface area contributed by atoms with Gasteiger partial charge < -0.3 is 29.6 Å². The van der Waals surface area contributed by atoms with E-state index in [1.165, 1.54) is 11.0 Å². The Morgan fingerprint density at radius 3 is 2.73 bits per heavy atom. The van der Waals surface area contributed by atoms with Gasteiger partial charge in [-0.3, -0.25) is 9.59 Å². The number of aromatic hydroxyl groups is 1. The van der Waals surface area contributed by atoms with Crippen LogP contribution in [-0.4, -0.2) is 58.7 Å². The Hall–Kier alpha value is -3.78. The van der Waals surface area contributed by atoms with Crippen LogP contribution < -0.4 is 4.74 Å². The maximum atomic E-state index is 13.2. The fraction of sp³-hybridized carbons (Fsp3) is 0.280. The highest BCUT2D eigenvalue weighted by molar-refractivity contribution is 6.46. The van der Waals surface area contributed by atoms with Gasteiger partial charge in [-0.25, -0.2) is 0 Å². The molecule has 0 aliphatic carbocycles. The van der Waals surface area contributed by atoms with Crippen LogP contribution in [0.4, 0.5) is 0 Å². The van der Waals surface area contributed by atoms with Gasteiger partial charge in [0, 0.05) is 42.9 Å². The number of para-hydroxylation sites is 1. The molecule has 8 heteroatoms. The molecule has 1 aliphatic rings. The van der Waals surface area contributed by atoms with E-state index in [9.17, 15) is 19.8 Å². The van der Waals surface area contributed by atoms with Gasteiger partial charge in [0.15, 0.2) is 11.5 Å². The van der Waals surface area contributed by atoms with Crippen molar-refractivity contribution in [2.24, 2.45) is 0 Å². The molecule has 1 saturated heterocycles. The molecule has 1 aliphatic heterocycles. The van der Waals surface area contributed by atoms with Gasteiger partial charge in [0.25, 0.3) is 11.7 Å². The van der Waals surface area contributed by atoms with Crippen molar-refractivity contribution in [2.75, 3.05) is 26.9 Å². The predicted octanol–water partition coefficient (Wildman–Crippen LogP) is 3.73. The molecule has 0 saturated carbocycles. The molecule has 2 aromatic carbocycles. The van der Waals surface area contributed by atoms with Crippen molar-refractivity contribution in [1.29, 1.82) is 0 Å². The molecular weight excluding hydrogens is 424 g/mol. The maximum Gasteiger partial charge on any atom is 0.295 e. The number of nitrogens with zero attached hydrogens (tertiary/aromatic N) is 1. The summed E-state index contributed by atoms with van der Waals surface area (Å²) in [6, 6.07) is 11.2. The van der Waals surface area contributed by atoms with E-state index in [4.69, 9.17) is 9.47 Å². The zero-order valence-corrected chi connectivity index (χ0v) is 18.5. The first-order chi connectivity index (χ1) is 16.0. The number of hydrogen-bond donors (Lipinski definition) is 3. The van der Waals surface area contributed by atoms with Crippen molar-refractivity contribution in [3.63, 3.8) is 0 Å². The number of Topliss-reactive ketones (excluding diaryl/α,β-unsaturated/α-hetero) is 1. The Labute approximate surface area is 191 Å². The molecule has 1 atom stereocenters. The van der Waals surface area contributed by atoms with Crippen LogP contribution in [0.15, 0.2) is 54.2 Å². The summed E-state index contributed by atoms with van der Waals surface area (Å²) in [5.41, 5.74) is 1.78. The molecule has 172 valence electrons. The van der Waals surface area contributed by atoms with Crippen LogP contribution in [-0.2, 0) is 14.3 Å². The molecule has 0 bridgehead atoms. The van der Waals surface area contributed by atoms with E-state index >= 15 is 0 Å². The smallest absolute Gasteiger partial charge is 0.295 e. The lowest BCUT2D eigenvalue weighted by molar-refractivity contribution is -0.140. The number of amides is 1. The van der Waals surface area contributed by atoms with E-state index in [1.54, 1.807) is 32.4 Å². The second kappa shape index (κ2) is 9.38. The first-order valence-electron chi connectivity index (χ1n) is 10.8. The van der Waals surface area contributed by atoms with Crippen LogP contribution in [0.5, 0.6) is 11.5 Å². The summed E-state index contributed by atoms with van der Waals surface area (Å²) >= 11 is 0. The molecule has 0 radical (unpaired) electrons. The number of hydrogen-bond acceptors (Lipinski definition) is 6. The Bertz CT molecular complexity index is 1230. The second-order valence-electron chi connectivity index (χ2n) is 7.75. The minimum atomic E-state index is -0.838. The van der Waals surface area contributed by atoms with Crippen molar-refractivity contribution in [1.82, 2.24) is 9.88 Å². The monoisotopic (exact) mass is 450 g/mol. The number of aliphatic hydroxyl groups is 1. The summed E-state index contributed by atoms with van der Waals surface area (Å²) in [7, 11) is 1.57. The van der Waals surface area contributed by atoms with Crippen LogP contribution in [0.3, 0.4) is 0 Å². The third kappa shape index (κ3) is 4.05. The number of likely N-dealkylation sites (tertiary alicyclic amines) is 1. The first-order valence-corrected chi connectivity index (χ1v) is 10.8.